The zero-order valence-corrected chi connectivity index (χ0v) is 15.4. The van der Waals surface area contributed by atoms with Gasteiger partial charge in [-0.15, -0.1) is 0 Å². The molecule has 2 aromatic rings. The summed E-state index contributed by atoms with van der Waals surface area (Å²) >= 11 is 11.7. The van der Waals surface area contributed by atoms with E-state index in [2.05, 4.69) is 10.0 Å². The van der Waals surface area contributed by atoms with Crippen LogP contribution >= 0.6 is 23.2 Å². The molecule has 11 heteroatoms. The maximum absolute atomic E-state index is 12.1. The minimum Gasteiger partial charge on any atom is -0.351 e. The van der Waals surface area contributed by atoms with Crippen molar-refractivity contribution < 1.29 is 18.1 Å². The van der Waals surface area contributed by atoms with Gasteiger partial charge in [-0.3, -0.25) is 14.9 Å². The first-order valence-corrected chi connectivity index (χ1v) is 9.42. The summed E-state index contributed by atoms with van der Waals surface area (Å²) in [4.78, 5) is 21.9. The molecule has 138 valence electrons. The van der Waals surface area contributed by atoms with Gasteiger partial charge in [0.2, 0.25) is 10.0 Å². The normalized spacial score (nSPS) is 11.2. The number of nitrogens with zero attached hydrogens (tertiary/aromatic N) is 1. The van der Waals surface area contributed by atoms with E-state index in [0.29, 0.717) is 5.02 Å². The van der Waals surface area contributed by atoms with E-state index < -0.39 is 20.9 Å². The van der Waals surface area contributed by atoms with Crippen molar-refractivity contribution in [2.24, 2.45) is 0 Å². The van der Waals surface area contributed by atoms with Crippen LogP contribution < -0.4 is 10.0 Å². The number of sulfonamides is 1. The Morgan fingerprint density at radius 3 is 2.35 bits per heavy atom. The molecule has 0 atom stereocenters. The second kappa shape index (κ2) is 8.45. The number of halogens is 2. The van der Waals surface area contributed by atoms with E-state index in [1.807, 2.05) is 0 Å². The number of hydrogen-bond acceptors (Lipinski definition) is 5. The van der Waals surface area contributed by atoms with Gasteiger partial charge in [-0.1, -0.05) is 23.2 Å². The molecule has 2 rings (SSSR count). The Labute approximate surface area is 159 Å². The second-order valence-electron chi connectivity index (χ2n) is 5.03. The highest BCUT2D eigenvalue weighted by atomic mass is 35.5. The molecule has 0 heterocycles. The second-order valence-corrected chi connectivity index (χ2v) is 7.64. The summed E-state index contributed by atoms with van der Waals surface area (Å²) in [5.74, 6) is -0.493. The molecule has 0 unspecified atom stereocenters. The Kier molecular flexibility index (Phi) is 6.54. The molecule has 0 fully saturated rings. The predicted octanol–water partition coefficient (Wildman–Crippen LogP) is 2.61. The molecule has 0 radical (unpaired) electrons. The fourth-order valence-corrected chi connectivity index (χ4v) is 3.37. The fraction of sp³-hybridized carbons (Fsp3) is 0.133. The number of nitro groups is 1. The van der Waals surface area contributed by atoms with E-state index in [9.17, 15) is 23.3 Å². The summed E-state index contributed by atoms with van der Waals surface area (Å²) in [5, 5.41) is 13.7. The highest BCUT2D eigenvalue weighted by Gasteiger charge is 2.16. The van der Waals surface area contributed by atoms with E-state index >= 15 is 0 Å². The van der Waals surface area contributed by atoms with Gasteiger partial charge in [-0.25, -0.2) is 13.1 Å². The smallest absolute Gasteiger partial charge is 0.269 e. The summed E-state index contributed by atoms with van der Waals surface area (Å²) in [7, 11) is -3.85. The van der Waals surface area contributed by atoms with Gasteiger partial charge in [-0.05, 0) is 30.3 Å². The maximum atomic E-state index is 12.1. The van der Waals surface area contributed by atoms with Gasteiger partial charge in [0.15, 0.2) is 0 Å². The van der Waals surface area contributed by atoms with Crippen LogP contribution in [0, 0.1) is 10.1 Å². The highest BCUT2D eigenvalue weighted by molar-refractivity contribution is 7.89. The van der Waals surface area contributed by atoms with Gasteiger partial charge in [0.05, 0.1) is 20.4 Å². The average molecular weight is 418 g/mol. The zero-order valence-electron chi connectivity index (χ0n) is 13.1. The first-order valence-electron chi connectivity index (χ1n) is 7.18. The van der Waals surface area contributed by atoms with Crippen molar-refractivity contribution in [1.29, 1.82) is 0 Å². The van der Waals surface area contributed by atoms with Crippen LogP contribution in [0.5, 0.6) is 0 Å². The van der Waals surface area contributed by atoms with Crippen molar-refractivity contribution in [1.82, 2.24) is 10.0 Å². The summed E-state index contributed by atoms with van der Waals surface area (Å²) in [5.41, 5.74) is -0.0352. The van der Waals surface area contributed by atoms with Crippen molar-refractivity contribution in [3.63, 3.8) is 0 Å². The van der Waals surface area contributed by atoms with E-state index in [4.69, 9.17) is 23.2 Å². The monoisotopic (exact) mass is 417 g/mol. The highest BCUT2D eigenvalue weighted by Crippen LogP contribution is 2.20. The Morgan fingerprint density at radius 1 is 1.08 bits per heavy atom. The van der Waals surface area contributed by atoms with E-state index in [0.717, 1.165) is 24.3 Å². The lowest BCUT2D eigenvalue weighted by atomic mass is 10.2. The summed E-state index contributed by atoms with van der Waals surface area (Å²) in [6, 6.07) is 8.87. The van der Waals surface area contributed by atoms with E-state index in [1.54, 1.807) is 6.07 Å². The SMILES string of the molecule is O=C(NCCNS(=O)(=O)c1ccc([N+](=O)[O-])cc1)c1cc(Cl)ccc1Cl. The number of carbonyl (C=O) groups excluding carboxylic acids is 1. The lowest BCUT2D eigenvalue weighted by molar-refractivity contribution is -0.384. The van der Waals surface area contributed by atoms with Crippen LogP contribution in [0.3, 0.4) is 0 Å². The van der Waals surface area contributed by atoms with Gasteiger partial charge < -0.3 is 5.32 Å². The van der Waals surface area contributed by atoms with Crippen molar-refractivity contribution in [3.8, 4) is 0 Å². The molecule has 0 saturated carbocycles. The number of carbonyl (C=O) groups is 1. The number of nitrogens with one attached hydrogen (secondary N) is 2. The third-order valence-corrected chi connectivity index (χ3v) is 5.28. The average Bonchev–Trinajstić information content (AvgIpc) is 2.60. The van der Waals surface area contributed by atoms with Crippen LogP contribution in [0.15, 0.2) is 47.4 Å². The zero-order chi connectivity index (χ0) is 19.3. The number of nitro benzene ring substituents is 1. The van der Waals surface area contributed by atoms with Gasteiger partial charge in [0.1, 0.15) is 0 Å². The third-order valence-electron chi connectivity index (χ3n) is 3.23. The molecule has 26 heavy (non-hydrogen) atoms. The van der Waals surface area contributed by atoms with Gasteiger partial charge in [0, 0.05) is 30.2 Å². The minimum absolute atomic E-state index is 0.00782. The molecule has 1 amide bonds. The Hall–Kier alpha value is -2.20. The quantitative estimate of drug-likeness (QED) is 0.407. The topological polar surface area (TPSA) is 118 Å². The minimum atomic E-state index is -3.85. The molecule has 0 spiro atoms. The predicted molar refractivity (Wildman–Crippen MR) is 97.1 cm³/mol. The van der Waals surface area contributed by atoms with Crippen LogP contribution in [0.1, 0.15) is 10.4 Å². The Morgan fingerprint density at radius 2 is 1.73 bits per heavy atom. The lowest BCUT2D eigenvalue weighted by Crippen LogP contribution is -2.34. The van der Waals surface area contributed by atoms with E-state index in [1.165, 1.54) is 12.1 Å². The van der Waals surface area contributed by atoms with Crippen LogP contribution in [0.4, 0.5) is 5.69 Å². The molecule has 0 bridgehead atoms. The third kappa shape index (κ3) is 5.15. The number of rotatable bonds is 7. The standard InChI is InChI=1S/C15H13Cl2N3O5S/c16-10-1-6-14(17)13(9-10)15(21)18-7-8-19-26(24,25)12-4-2-11(3-5-12)20(22)23/h1-6,9,19H,7-8H2,(H,18,21). The lowest BCUT2D eigenvalue weighted by Gasteiger charge is -2.09. The van der Waals surface area contributed by atoms with Crippen LogP contribution in [0.2, 0.25) is 10.0 Å². The van der Waals surface area contributed by atoms with Gasteiger partial charge in [-0.2, -0.15) is 0 Å². The van der Waals surface area contributed by atoms with Crippen LogP contribution in [-0.4, -0.2) is 32.3 Å². The molecule has 2 N–H and O–H groups in total. The van der Waals surface area contributed by atoms with Gasteiger partial charge in [0.25, 0.3) is 11.6 Å². The molecule has 0 saturated heterocycles. The van der Waals surface area contributed by atoms with Crippen molar-refractivity contribution in [3.05, 3.63) is 68.2 Å². The number of benzene rings is 2. The number of amides is 1. The molecule has 0 aliphatic rings. The number of hydrogen-bond donors (Lipinski definition) is 2. The molecule has 0 aromatic heterocycles. The maximum Gasteiger partial charge on any atom is 0.269 e. The van der Waals surface area contributed by atoms with Crippen molar-refractivity contribution in [2.75, 3.05) is 13.1 Å². The van der Waals surface area contributed by atoms with Crippen molar-refractivity contribution in [2.45, 2.75) is 4.90 Å². The molecular formula is C15H13Cl2N3O5S. The molecule has 0 aliphatic heterocycles. The fourth-order valence-electron chi connectivity index (χ4n) is 1.96. The summed E-state index contributed by atoms with van der Waals surface area (Å²) < 4.78 is 26.5. The first-order chi connectivity index (χ1) is 12.2. The van der Waals surface area contributed by atoms with E-state index in [-0.39, 0.29) is 34.3 Å². The van der Waals surface area contributed by atoms with Crippen LogP contribution in [0.25, 0.3) is 0 Å². The summed E-state index contributed by atoms with van der Waals surface area (Å²) in [6.07, 6.45) is 0. The Bertz CT molecular complexity index is 933. The first kappa shape index (κ1) is 20.1. The summed E-state index contributed by atoms with van der Waals surface area (Å²) in [6.45, 7) is -0.0723. The number of non-ortho nitro benzene ring substituents is 1. The Balaban J connectivity index is 1.91. The molecule has 0 aliphatic carbocycles. The molecular weight excluding hydrogens is 405 g/mol. The van der Waals surface area contributed by atoms with Crippen LogP contribution in [-0.2, 0) is 10.0 Å². The largest absolute Gasteiger partial charge is 0.351 e. The molecule has 8 nitrogen and oxygen atoms in total. The molecule has 2 aromatic carbocycles. The van der Waals surface area contributed by atoms with Gasteiger partial charge >= 0.3 is 0 Å². The van der Waals surface area contributed by atoms with Crippen molar-refractivity contribution >= 4 is 44.8 Å².